The van der Waals surface area contributed by atoms with Crippen LogP contribution >= 0.6 is 0 Å². The van der Waals surface area contributed by atoms with Gasteiger partial charge < -0.3 is 20.6 Å². The van der Waals surface area contributed by atoms with Crippen LogP contribution in [0.1, 0.15) is 87.0 Å². The first-order valence-electron chi connectivity index (χ1n) is 22.7. The zero-order chi connectivity index (χ0) is 41.2. The lowest BCUT2D eigenvalue weighted by Gasteiger charge is -2.24. The molecule has 0 spiro atoms. The average Bonchev–Trinajstić information content (AvgIpc) is 4.16. The van der Waals surface area contributed by atoms with Crippen LogP contribution in [0.4, 0.5) is 5.69 Å². The molecule has 8 bridgehead atoms. The molecule has 4 aromatic carbocycles. The normalized spacial score (nSPS) is 15.6. The van der Waals surface area contributed by atoms with E-state index in [4.69, 9.17) is 9.97 Å². The standard InChI is InChI=1S/C56H52N6/c1-7-19-37(20-8-1)51-43-31-32-45(59-43)52(38-21-9-2-10-22-38)47-35-49(57-41-27-15-5-16-28-41)56(61-47)54(40-25-13-4-14-26-40)48-36-50(58-42-29-17-6-18-30-42)55(62-48)53(39-23-11-3-12-24-39)46-34-33-44(51)60-46/h1-4,7-14,19-26,31-36,41-42,57-58,60-61H,5-6,15-18,27-30H2. The molecule has 306 valence electrons. The summed E-state index contributed by atoms with van der Waals surface area (Å²) in [5.41, 5.74) is 18.6. The minimum absolute atomic E-state index is 0.379. The number of benzene rings is 4. The first kappa shape index (κ1) is 38.0. The molecule has 5 heterocycles. The molecule has 6 heteroatoms. The van der Waals surface area contributed by atoms with E-state index >= 15 is 0 Å². The molecular formula is C56H52N6. The van der Waals surface area contributed by atoms with E-state index in [2.05, 4.69) is 178 Å². The molecule has 2 aliphatic carbocycles. The summed E-state index contributed by atoms with van der Waals surface area (Å²) in [6.07, 6.45) is 18.9. The number of H-pyrrole nitrogens is 2. The van der Waals surface area contributed by atoms with Gasteiger partial charge >= 0.3 is 0 Å². The molecule has 0 unspecified atom stereocenters. The maximum atomic E-state index is 5.81. The molecule has 2 aliphatic heterocycles. The Morgan fingerprint density at radius 2 is 0.887 bits per heavy atom. The Bertz CT molecular complexity index is 2950. The molecule has 2 saturated carbocycles. The number of rotatable bonds is 8. The van der Waals surface area contributed by atoms with Crippen LogP contribution in [0.5, 0.6) is 0 Å². The highest BCUT2D eigenvalue weighted by atomic mass is 15.0. The molecule has 2 fully saturated rings. The number of aromatic nitrogens is 4. The maximum absolute atomic E-state index is 5.81. The van der Waals surface area contributed by atoms with Gasteiger partial charge in [0, 0.05) is 45.4 Å². The van der Waals surface area contributed by atoms with Crippen LogP contribution in [0.25, 0.3) is 90.5 Å². The number of hydrogen-bond acceptors (Lipinski definition) is 4. The van der Waals surface area contributed by atoms with Gasteiger partial charge in [-0.05, 0) is 84.4 Å². The summed E-state index contributed by atoms with van der Waals surface area (Å²) in [7, 11) is 0. The summed E-state index contributed by atoms with van der Waals surface area (Å²) in [5.74, 6) is 0. The quantitative estimate of drug-likeness (QED) is 0.123. The van der Waals surface area contributed by atoms with Gasteiger partial charge in [0.1, 0.15) is 0 Å². The van der Waals surface area contributed by atoms with Crippen LogP contribution < -0.4 is 10.6 Å². The molecule has 7 aromatic rings. The van der Waals surface area contributed by atoms with Crippen LogP contribution in [0.15, 0.2) is 140 Å². The Morgan fingerprint density at radius 1 is 0.419 bits per heavy atom. The van der Waals surface area contributed by atoms with Crippen LogP contribution in [0.3, 0.4) is 0 Å². The van der Waals surface area contributed by atoms with E-state index in [0.717, 1.165) is 126 Å². The molecule has 0 saturated heterocycles. The number of hydrogen-bond donors (Lipinski definition) is 4. The first-order valence-corrected chi connectivity index (χ1v) is 22.7. The lowest BCUT2D eigenvalue weighted by molar-refractivity contribution is 0.409. The van der Waals surface area contributed by atoms with Crippen molar-refractivity contribution in [3.8, 4) is 44.5 Å². The van der Waals surface area contributed by atoms with E-state index in [1.165, 1.54) is 38.5 Å². The van der Waals surface area contributed by atoms with E-state index < -0.39 is 0 Å². The first-order chi connectivity index (χ1) is 30.7. The van der Waals surface area contributed by atoms with Gasteiger partial charge in [-0.1, -0.05) is 160 Å². The zero-order valence-corrected chi connectivity index (χ0v) is 35.1. The van der Waals surface area contributed by atoms with Gasteiger partial charge in [0.25, 0.3) is 0 Å². The molecule has 0 radical (unpaired) electrons. The van der Waals surface area contributed by atoms with Crippen molar-refractivity contribution in [3.63, 3.8) is 0 Å². The fraction of sp³-hybridized carbons (Fsp3) is 0.214. The summed E-state index contributed by atoms with van der Waals surface area (Å²) in [6, 6.07) is 50.6. The Hall–Kier alpha value is -6.92. The highest BCUT2D eigenvalue weighted by Gasteiger charge is 2.26. The van der Waals surface area contributed by atoms with Crippen LogP contribution in [0.2, 0.25) is 0 Å². The Labute approximate surface area is 364 Å². The van der Waals surface area contributed by atoms with Crippen molar-refractivity contribution < 1.29 is 0 Å². The van der Waals surface area contributed by atoms with E-state index in [0.29, 0.717) is 12.1 Å². The second-order valence-corrected chi connectivity index (χ2v) is 17.3. The lowest BCUT2D eigenvalue weighted by Crippen LogP contribution is -2.29. The van der Waals surface area contributed by atoms with Crippen molar-refractivity contribution in [1.82, 2.24) is 25.3 Å². The van der Waals surface area contributed by atoms with E-state index in [1.54, 1.807) is 0 Å². The Kier molecular flexibility index (Phi) is 10.3. The largest absolute Gasteiger partial charge is 0.381 e. The van der Waals surface area contributed by atoms with E-state index in [9.17, 15) is 0 Å². The highest BCUT2D eigenvalue weighted by Crippen LogP contribution is 2.42. The number of nitrogens with zero attached hydrogens (tertiary/aromatic N) is 2. The third-order valence-electron chi connectivity index (χ3n) is 13.2. The minimum atomic E-state index is 0.379. The predicted molar refractivity (Wildman–Crippen MR) is 260 cm³/mol. The Balaban J connectivity index is 1.32. The van der Waals surface area contributed by atoms with E-state index in [1.807, 2.05) is 0 Å². The molecule has 4 aliphatic rings. The molecule has 0 amide bonds. The fourth-order valence-electron chi connectivity index (χ4n) is 10.2. The zero-order valence-electron chi connectivity index (χ0n) is 35.1. The molecule has 11 rings (SSSR count). The van der Waals surface area contributed by atoms with Crippen molar-refractivity contribution >= 4 is 51.7 Å². The monoisotopic (exact) mass is 808 g/mol. The third kappa shape index (κ3) is 7.44. The molecule has 4 N–H and O–H groups in total. The lowest BCUT2D eigenvalue weighted by atomic mass is 9.94. The van der Waals surface area contributed by atoms with Crippen molar-refractivity contribution in [2.75, 3.05) is 5.32 Å². The molecular weight excluding hydrogens is 757 g/mol. The topological polar surface area (TPSA) is 81.4 Å². The second kappa shape index (κ2) is 16.9. The number of anilines is 1. The van der Waals surface area contributed by atoms with Gasteiger partial charge in [-0.25, -0.2) is 9.97 Å². The molecule has 6 nitrogen and oxygen atoms in total. The SMILES string of the molecule is C1=Cc2nc1c(-c1ccccc1)c1ccc([nH]1)c(-c1ccccc1)c1nc(c(-c3ccccc3)c3[nH]c(cc3NC3CCCCC3)c2-c2ccccc2)C=C1NC1CCCCC1. The predicted octanol–water partition coefficient (Wildman–Crippen LogP) is 14.3. The van der Waals surface area contributed by atoms with Gasteiger partial charge in [0.15, 0.2) is 0 Å². The van der Waals surface area contributed by atoms with E-state index in [-0.39, 0.29) is 0 Å². The van der Waals surface area contributed by atoms with Gasteiger partial charge in [0.2, 0.25) is 0 Å². The number of aromatic amines is 2. The van der Waals surface area contributed by atoms with Gasteiger partial charge in [0.05, 0.1) is 45.2 Å². The number of fused-ring (bicyclic) bond motifs is 8. The summed E-state index contributed by atoms with van der Waals surface area (Å²) in [5, 5.41) is 8.20. The summed E-state index contributed by atoms with van der Waals surface area (Å²) in [4.78, 5) is 19.4. The highest BCUT2D eigenvalue weighted by molar-refractivity contribution is 6.04. The van der Waals surface area contributed by atoms with Crippen LogP contribution in [0, 0.1) is 0 Å². The van der Waals surface area contributed by atoms with Crippen molar-refractivity contribution in [1.29, 1.82) is 0 Å². The van der Waals surface area contributed by atoms with Crippen LogP contribution in [-0.2, 0) is 0 Å². The minimum Gasteiger partial charge on any atom is -0.381 e. The third-order valence-corrected chi connectivity index (χ3v) is 13.2. The van der Waals surface area contributed by atoms with Crippen molar-refractivity contribution in [2.45, 2.75) is 76.3 Å². The van der Waals surface area contributed by atoms with Crippen molar-refractivity contribution in [3.05, 3.63) is 162 Å². The molecule has 3 aromatic heterocycles. The van der Waals surface area contributed by atoms with Gasteiger partial charge in [-0.2, -0.15) is 0 Å². The van der Waals surface area contributed by atoms with Crippen molar-refractivity contribution in [2.24, 2.45) is 0 Å². The Morgan fingerprint density at radius 3 is 1.44 bits per heavy atom. The fourth-order valence-corrected chi connectivity index (χ4v) is 10.2. The van der Waals surface area contributed by atoms with Gasteiger partial charge in [-0.3, -0.25) is 0 Å². The molecule has 0 atom stereocenters. The summed E-state index contributed by atoms with van der Waals surface area (Å²) >= 11 is 0. The van der Waals surface area contributed by atoms with Gasteiger partial charge in [-0.15, -0.1) is 0 Å². The average molecular weight is 809 g/mol. The smallest absolute Gasteiger partial charge is 0.0968 e. The van der Waals surface area contributed by atoms with Crippen LogP contribution in [-0.4, -0.2) is 32.0 Å². The maximum Gasteiger partial charge on any atom is 0.0968 e. The molecule has 62 heavy (non-hydrogen) atoms. The summed E-state index contributed by atoms with van der Waals surface area (Å²) < 4.78 is 0. The number of nitrogens with one attached hydrogen (secondary N) is 4. The summed E-state index contributed by atoms with van der Waals surface area (Å²) in [6.45, 7) is 0. The second-order valence-electron chi connectivity index (χ2n) is 17.3.